The standard InChI is InChI=1S/C11H13NO3/c1-2-9(11(14)15)12-7-8-5-3-4-6-10(8)13/h3-7,9,13H,2H2,1H3,(H,14,15)/t9-/m0/s1. The first-order chi connectivity index (χ1) is 7.15. The average Bonchev–Trinajstić information content (AvgIpc) is 2.21. The molecule has 0 spiro atoms. The Morgan fingerprint density at radius 3 is 2.73 bits per heavy atom. The molecule has 1 atom stereocenters. The second kappa shape index (κ2) is 5.14. The van der Waals surface area contributed by atoms with Crippen LogP contribution in [-0.2, 0) is 4.79 Å². The molecule has 80 valence electrons. The summed E-state index contributed by atoms with van der Waals surface area (Å²) in [4.78, 5) is 14.5. The summed E-state index contributed by atoms with van der Waals surface area (Å²) in [6.45, 7) is 1.75. The lowest BCUT2D eigenvalue weighted by Gasteiger charge is -2.03. The second-order valence-electron chi connectivity index (χ2n) is 3.10. The summed E-state index contributed by atoms with van der Waals surface area (Å²) in [5, 5.41) is 18.1. The van der Waals surface area contributed by atoms with Gasteiger partial charge in [0.25, 0.3) is 0 Å². The normalized spacial score (nSPS) is 12.9. The Bertz CT molecular complexity index is 374. The maximum atomic E-state index is 10.7. The molecular formula is C11H13NO3. The van der Waals surface area contributed by atoms with Crippen molar-refractivity contribution in [2.45, 2.75) is 19.4 Å². The number of carboxylic acids is 1. The molecule has 4 nitrogen and oxygen atoms in total. The minimum atomic E-state index is -0.954. The number of phenolic OH excluding ortho intramolecular Hbond substituents is 1. The minimum absolute atomic E-state index is 0.0986. The van der Waals surface area contributed by atoms with Gasteiger partial charge in [0, 0.05) is 11.8 Å². The fraction of sp³-hybridized carbons (Fsp3) is 0.273. The largest absolute Gasteiger partial charge is 0.507 e. The van der Waals surface area contributed by atoms with E-state index in [0.29, 0.717) is 12.0 Å². The number of nitrogens with zero attached hydrogens (tertiary/aromatic N) is 1. The van der Waals surface area contributed by atoms with Crippen molar-refractivity contribution in [1.82, 2.24) is 0 Å². The molecular weight excluding hydrogens is 194 g/mol. The molecule has 0 aliphatic rings. The van der Waals surface area contributed by atoms with Gasteiger partial charge in [-0.15, -0.1) is 0 Å². The van der Waals surface area contributed by atoms with Gasteiger partial charge in [0.1, 0.15) is 11.8 Å². The van der Waals surface area contributed by atoms with Crippen LogP contribution < -0.4 is 0 Å². The summed E-state index contributed by atoms with van der Waals surface area (Å²) >= 11 is 0. The highest BCUT2D eigenvalue weighted by molar-refractivity contribution is 5.85. The molecule has 0 amide bonds. The molecule has 1 aromatic carbocycles. The van der Waals surface area contributed by atoms with Gasteiger partial charge in [0.2, 0.25) is 0 Å². The number of aromatic hydroxyl groups is 1. The Balaban J connectivity index is 2.81. The van der Waals surface area contributed by atoms with Crippen molar-refractivity contribution in [3.8, 4) is 5.75 Å². The molecule has 2 N–H and O–H groups in total. The molecule has 4 heteroatoms. The SMILES string of the molecule is CC[C@H](N=Cc1ccccc1O)C(=O)O. The van der Waals surface area contributed by atoms with E-state index in [2.05, 4.69) is 4.99 Å². The van der Waals surface area contributed by atoms with Gasteiger partial charge in [0.05, 0.1) is 0 Å². The molecule has 0 radical (unpaired) electrons. The van der Waals surface area contributed by atoms with Crippen LogP contribution in [-0.4, -0.2) is 28.4 Å². The third-order valence-electron chi connectivity index (χ3n) is 2.00. The Morgan fingerprint density at radius 1 is 1.53 bits per heavy atom. The van der Waals surface area contributed by atoms with Crippen LogP contribution in [0.15, 0.2) is 29.3 Å². The smallest absolute Gasteiger partial charge is 0.328 e. The topological polar surface area (TPSA) is 69.9 Å². The van der Waals surface area contributed by atoms with Crippen LogP contribution in [0.5, 0.6) is 5.75 Å². The summed E-state index contributed by atoms with van der Waals surface area (Å²) in [7, 11) is 0. The van der Waals surface area contributed by atoms with E-state index in [9.17, 15) is 9.90 Å². The van der Waals surface area contributed by atoms with Gasteiger partial charge in [-0.2, -0.15) is 0 Å². The summed E-state index contributed by atoms with van der Waals surface area (Å²) in [5.74, 6) is -0.856. The molecule has 0 aliphatic heterocycles. The third-order valence-corrected chi connectivity index (χ3v) is 2.00. The van der Waals surface area contributed by atoms with Gasteiger partial charge in [0.15, 0.2) is 0 Å². The first kappa shape index (κ1) is 11.2. The van der Waals surface area contributed by atoms with E-state index in [0.717, 1.165) is 0 Å². The number of carboxylic acid groups (broad SMARTS) is 1. The van der Waals surface area contributed by atoms with Gasteiger partial charge in [-0.25, -0.2) is 4.79 Å². The van der Waals surface area contributed by atoms with Crippen LogP contribution in [0.1, 0.15) is 18.9 Å². The van der Waals surface area contributed by atoms with Crippen LogP contribution in [0.4, 0.5) is 0 Å². The van der Waals surface area contributed by atoms with E-state index in [4.69, 9.17) is 5.11 Å². The van der Waals surface area contributed by atoms with Crippen LogP contribution in [0.3, 0.4) is 0 Å². The zero-order chi connectivity index (χ0) is 11.3. The van der Waals surface area contributed by atoms with E-state index in [1.165, 1.54) is 12.3 Å². The molecule has 0 saturated carbocycles. The molecule has 0 fully saturated rings. The number of rotatable bonds is 4. The first-order valence-corrected chi connectivity index (χ1v) is 4.69. The lowest BCUT2D eigenvalue weighted by Crippen LogP contribution is -2.16. The lowest BCUT2D eigenvalue weighted by molar-refractivity contribution is -0.138. The minimum Gasteiger partial charge on any atom is -0.507 e. The molecule has 0 unspecified atom stereocenters. The van der Waals surface area contributed by atoms with Crippen LogP contribution >= 0.6 is 0 Å². The number of hydrogen-bond donors (Lipinski definition) is 2. The number of carbonyl (C=O) groups is 1. The van der Waals surface area contributed by atoms with Crippen molar-refractivity contribution < 1.29 is 15.0 Å². The van der Waals surface area contributed by atoms with Crippen molar-refractivity contribution in [3.63, 3.8) is 0 Å². The molecule has 0 bridgehead atoms. The van der Waals surface area contributed by atoms with Crippen molar-refractivity contribution >= 4 is 12.2 Å². The van der Waals surface area contributed by atoms with E-state index < -0.39 is 12.0 Å². The summed E-state index contributed by atoms with van der Waals surface area (Å²) in [5.41, 5.74) is 0.525. The van der Waals surface area contributed by atoms with E-state index in [1.807, 2.05) is 0 Å². The molecule has 15 heavy (non-hydrogen) atoms. The van der Waals surface area contributed by atoms with Crippen molar-refractivity contribution in [2.75, 3.05) is 0 Å². The average molecular weight is 207 g/mol. The van der Waals surface area contributed by atoms with Crippen LogP contribution in [0, 0.1) is 0 Å². The monoisotopic (exact) mass is 207 g/mol. The third kappa shape index (κ3) is 3.09. The van der Waals surface area contributed by atoms with Crippen molar-refractivity contribution in [2.24, 2.45) is 4.99 Å². The molecule has 0 aliphatic carbocycles. The molecule has 0 aromatic heterocycles. The van der Waals surface area contributed by atoms with E-state index in [1.54, 1.807) is 25.1 Å². The number of aliphatic carboxylic acids is 1. The van der Waals surface area contributed by atoms with Gasteiger partial charge in [-0.05, 0) is 18.6 Å². The predicted octanol–water partition coefficient (Wildman–Crippen LogP) is 1.67. The number of hydrogen-bond acceptors (Lipinski definition) is 3. The van der Waals surface area contributed by atoms with E-state index in [-0.39, 0.29) is 5.75 Å². The van der Waals surface area contributed by atoms with Crippen molar-refractivity contribution in [3.05, 3.63) is 29.8 Å². The Morgan fingerprint density at radius 2 is 2.20 bits per heavy atom. The maximum absolute atomic E-state index is 10.7. The quantitative estimate of drug-likeness (QED) is 0.738. The first-order valence-electron chi connectivity index (χ1n) is 4.69. The Labute approximate surface area is 87.9 Å². The van der Waals surface area contributed by atoms with Gasteiger partial charge < -0.3 is 10.2 Å². The number of aliphatic imine (C=N–C) groups is 1. The fourth-order valence-corrected chi connectivity index (χ4v) is 1.11. The summed E-state index contributed by atoms with van der Waals surface area (Å²) in [6, 6.07) is 5.91. The second-order valence-corrected chi connectivity index (χ2v) is 3.10. The maximum Gasteiger partial charge on any atom is 0.328 e. The molecule has 0 heterocycles. The van der Waals surface area contributed by atoms with Crippen LogP contribution in [0.2, 0.25) is 0 Å². The number of phenols is 1. The summed E-state index contributed by atoms with van der Waals surface area (Å²) in [6.07, 6.45) is 1.82. The van der Waals surface area contributed by atoms with Gasteiger partial charge in [-0.1, -0.05) is 19.1 Å². The Hall–Kier alpha value is -1.84. The highest BCUT2D eigenvalue weighted by atomic mass is 16.4. The molecule has 1 aromatic rings. The highest BCUT2D eigenvalue weighted by Gasteiger charge is 2.11. The predicted molar refractivity (Wildman–Crippen MR) is 57.4 cm³/mol. The zero-order valence-corrected chi connectivity index (χ0v) is 8.42. The Kier molecular flexibility index (Phi) is 3.85. The number of benzene rings is 1. The zero-order valence-electron chi connectivity index (χ0n) is 8.42. The fourth-order valence-electron chi connectivity index (χ4n) is 1.11. The lowest BCUT2D eigenvalue weighted by atomic mass is 10.2. The van der Waals surface area contributed by atoms with Gasteiger partial charge >= 0.3 is 5.97 Å². The highest BCUT2D eigenvalue weighted by Crippen LogP contribution is 2.13. The molecule has 0 saturated heterocycles. The van der Waals surface area contributed by atoms with Crippen molar-refractivity contribution in [1.29, 1.82) is 0 Å². The van der Waals surface area contributed by atoms with E-state index >= 15 is 0 Å². The summed E-state index contributed by atoms with van der Waals surface area (Å²) < 4.78 is 0. The number of para-hydroxylation sites is 1. The van der Waals surface area contributed by atoms with Gasteiger partial charge in [-0.3, -0.25) is 4.99 Å². The molecule has 1 rings (SSSR count). The van der Waals surface area contributed by atoms with Crippen LogP contribution in [0.25, 0.3) is 0 Å².